The number of nitrogens with zero attached hydrogens (tertiary/aromatic N) is 4. The van der Waals surface area contributed by atoms with E-state index in [9.17, 15) is 0 Å². The average molecular weight is 486 g/mol. The lowest BCUT2D eigenvalue weighted by molar-refractivity contribution is 0.221. The van der Waals surface area contributed by atoms with Crippen molar-refractivity contribution in [2.24, 2.45) is 4.99 Å². The topological polar surface area (TPSA) is 70.6 Å². The highest BCUT2D eigenvalue weighted by Crippen LogP contribution is 2.25. The molecule has 0 radical (unpaired) electrons. The predicted molar refractivity (Wildman–Crippen MR) is 119 cm³/mol. The van der Waals surface area contributed by atoms with Gasteiger partial charge in [0, 0.05) is 19.3 Å². The Hall–Kier alpha value is -1.55. The molecule has 2 aromatic rings. The van der Waals surface area contributed by atoms with Gasteiger partial charge in [0.25, 0.3) is 0 Å². The van der Waals surface area contributed by atoms with Crippen LogP contribution in [0, 0.1) is 6.92 Å². The number of hydrogen-bond acceptors (Lipinski definition) is 4. The number of nitrogens with one attached hydrogen (secondary N) is 2. The van der Waals surface area contributed by atoms with Crippen molar-refractivity contribution in [1.82, 2.24) is 25.3 Å². The number of rotatable bonds is 8. The molecule has 1 atom stereocenters. The Morgan fingerprint density at radius 2 is 2.15 bits per heavy atom. The third-order valence-electron chi connectivity index (χ3n) is 4.62. The van der Waals surface area contributed by atoms with E-state index in [0.29, 0.717) is 6.54 Å². The molecule has 0 aliphatic carbocycles. The zero-order chi connectivity index (χ0) is 18.2. The maximum atomic E-state index is 5.68. The van der Waals surface area contributed by atoms with Crippen molar-refractivity contribution in [1.29, 1.82) is 0 Å². The van der Waals surface area contributed by atoms with Crippen LogP contribution < -0.4 is 10.6 Å². The molecule has 3 heterocycles. The molecular weight excluding hydrogens is 455 g/mol. The molecule has 150 valence electrons. The van der Waals surface area contributed by atoms with Crippen molar-refractivity contribution in [2.45, 2.75) is 39.3 Å². The second kappa shape index (κ2) is 11.3. The van der Waals surface area contributed by atoms with Gasteiger partial charge in [-0.2, -0.15) is 5.10 Å². The van der Waals surface area contributed by atoms with Crippen LogP contribution in [-0.2, 0) is 6.54 Å². The van der Waals surface area contributed by atoms with Gasteiger partial charge in [-0.15, -0.1) is 24.0 Å². The largest absolute Gasteiger partial charge is 0.468 e. The second-order valence-corrected chi connectivity index (χ2v) is 6.70. The van der Waals surface area contributed by atoms with Gasteiger partial charge in [0.2, 0.25) is 0 Å². The minimum Gasteiger partial charge on any atom is -0.468 e. The summed E-state index contributed by atoms with van der Waals surface area (Å²) in [7, 11) is 0. The number of guanidine groups is 1. The SMILES string of the molecule is CCNC(=NCC(c1ccco1)N1CCCC1)NCCn1cc(C)cn1.I. The number of hydrogen-bond donors (Lipinski definition) is 2. The van der Waals surface area contributed by atoms with Gasteiger partial charge < -0.3 is 15.1 Å². The summed E-state index contributed by atoms with van der Waals surface area (Å²) in [6.45, 7) is 9.47. The van der Waals surface area contributed by atoms with Crippen molar-refractivity contribution in [3.8, 4) is 0 Å². The van der Waals surface area contributed by atoms with Crippen LogP contribution in [0.4, 0.5) is 0 Å². The van der Waals surface area contributed by atoms with Gasteiger partial charge in [-0.3, -0.25) is 14.6 Å². The highest BCUT2D eigenvalue weighted by atomic mass is 127. The monoisotopic (exact) mass is 486 g/mol. The van der Waals surface area contributed by atoms with Crippen LogP contribution in [0.5, 0.6) is 0 Å². The Labute approximate surface area is 178 Å². The first-order valence-electron chi connectivity index (χ1n) is 9.55. The normalized spacial score (nSPS) is 16.1. The molecule has 0 bridgehead atoms. The lowest BCUT2D eigenvalue weighted by atomic mass is 10.2. The number of aliphatic imine (C=N–C) groups is 1. The quantitative estimate of drug-likeness (QED) is 0.341. The third-order valence-corrected chi connectivity index (χ3v) is 4.62. The molecule has 1 saturated heterocycles. The van der Waals surface area contributed by atoms with Crippen molar-refractivity contribution in [3.05, 3.63) is 42.1 Å². The average Bonchev–Trinajstić information content (AvgIpc) is 3.38. The van der Waals surface area contributed by atoms with Crippen LogP contribution in [0.3, 0.4) is 0 Å². The molecule has 1 aliphatic rings. The fourth-order valence-electron chi connectivity index (χ4n) is 3.32. The van der Waals surface area contributed by atoms with Crippen LogP contribution >= 0.6 is 24.0 Å². The van der Waals surface area contributed by atoms with Crippen molar-refractivity contribution >= 4 is 29.9 Å². The Morgan fingerprint density at radius 3 is 2.78 bits per heavy atom. The molecule has 0 amide bonds. The number of aromatic nitrogens is 2. The van der Waals surface area contributed by atoms with Gasteiger partial charge in [-0.25, -0.2) is 0 Å². The second-order valence-electron chi connectivity index (χ2n) is 6.70. The van der Waals surface area contributed by atoms with E-state index in [0.717, 1.165) is 44.4 Å². The fraction of sp³-hybridized carbons (Fsp3) is 0.579. The number of aryl methyl sites for hydroxylation is 1. The summed E-state index contributed by atoms with van der Waals surface area (Å²) in [5, 5.41) is 11.0. The summed E-state index contributed by atoms with van der Waals surface area (Å²) < 4.78 is 7.62. The summed E-state index contributed by atoms with van der Waals surface area (Å²) in [5.74, 6) is 1.84. The highest BCUT2D eigenvalue weighted by molar-refractivity contribution is 14.0. The smallest absolute Gasteiger partial charge is 0.191 e. The van der Waals surface area contributed by atoms with Crippen molar-refractivity contribution < 1.29 is 4.42 Å². The van der Waals surface area contributed by atoms with Gasteiger partial charge in [0.05, 0.1) is 31.6 Å². The van der Waals surface area contributed by atoms with Gasteiger partial charge in [0.15, 0.2) is 5.96 Å². The van der Waals surface area contributed by atoms with E-state index in [2.05, 4.69) is 40.5 Å². The Balaban J connectivity index is 0.00000261. The van der Waals surface area contributed by atoms with Gasteiger partial charge in [-0.05, 0) is 57.5 Å². The molecule has 27 heavy (non-hydrogen) atoms. The van der Waals surface area contributed by atoms with Crippen LogP contribution in [-0.4, -0.2) is 53.4 Å². The summed E-state index contributed by atoms with van der Waals surface area (Å²) in [4.78, 5) is 7.28. The molecule has 1 unspecified atom stereocenters. The molecule has 8 heteroatoms. The Bertz CT molecular complexity index is 678. The van der Waals surface area contributed by atoms with E-state index >= 15 is 0 Å². The molecule has 0 saturated carbocycles. The molecule has 2 N–H and O–H groups in total. The van der Waals surface area contributed by atoms with E-state index in [4.69, 9.17) is 9.41 Å². The molecule has 1 fully saturated rings. The molecule has 3 rings (SSSR count). The molecular formula is C19H31IN6O. The number of halogens is 1. The predicted octanol–water partition coefficient (Wildman–Crippen LogP) is 2.79. The lowest BCUT2D eigenvalue weighted by Crippen LogP contribution is -2.39. The van der Waals surface area contributed by atoms with Crippen LogP contribution in [0.15, 0.2) is 40.2 Å². The first kappa shape index (κ1) is 21.7. The zero-order valence-corrected chi connectivity index (χ0v) is 18.6. The van der Waals surface area contributed by atoms with E-state index in [1.165, 1.54) is 18.4 Å². The standard InChI is InChI=1S/C19H30N6O.HI/c1-3-20-19(21-8-11-25-15-16(2)13-23-25)22-14-17(18-7-6-12-26-18)24-9-4-5-10-24;/h6-7,12-13,15,17H,3-5,8-11,14H2,1-2H3,(H2,20,21,22);1H. The molecule has 2 aromatic heterocycles. The first-order chi connectivity index (χ1) is 12.8. The van der Waals surface area contributed by atoms with Crippen LogP contribution in [0.25, 0.3) is 0 Å². The lowest BCUT2D eigenvalue weighted by Gasteiger charge is -2.24. The van der Waals surface area contributed by atoms with Crippen LogP contribution in [0.1, 0.15) is 37.1 Å². The summed E-state index contributed by atoms with van der Waals surface area (Å²) in [6, 6.07) is 4.22. The van der Waals surface area contributed by atoms with E-state index in [1.807, 2.05) is 23.1 Å². The Kier molecular flexibility index (Phi) is 9.12. The van der Waals surface area contributed by atoms with E-state index in [1.54, 1.807) is 6.26 Å². The minimum absolute atomic E-state index is 0. The molecule has 0 aromatic carbocycles. The molecule has 0 spiro atoms. The molecule has 7 nitrogen and oxygen atoms in total. The summed E-state index contributed by atoms with van der Waals surface area (Å²) in [5.41, 5.74) is 1.18. The van der Waals surface area contributed by atoms with E-state index < -0.39 is 0 Å². The van der Waals surface area contributed by atoms with Gasteiger partial charge in [-0.1, -0.05) is 0 Å². The third kappa shape index (κ3) is 6.53. The zero-order valence-electron chi connectivity index (χ0n) is 16.2. The van der Waals surface area contributed by atoms with E-state index in [-0.39, 0.29) is 30.0 Å². The number of furan rings is 1. The summed E-state index contributed by atoms with van der Waals surface area (Å²) in [6.07, 6.45) is 8.18. The first-order valence-corrected chi connectivity index (χ1v) is 9.55. The highest BCUT2D eigenvalue weighted by Gasteiger charge is 2.25. The van der Waals surface area contributed by atoms with Crippen molar-refractivity contribution in [2.75, 3.05) is 32.7 Å². The summed E-state index contributed by atoms with van der Waals surface area (Å²) >= 11 is 0. The Morgan fingerprint density at radius 1 is 1.33 bits per heavy atom. The fourth-order valence-corrected chi connectivity index (χ4v) is 3.32. The van der Waals surface area contributed by atoms with Crippen LogP contribution in [0.2, 0.25) is 0 Å². The molecule has 1 aliphatic heterocycles. The minimum atomic E-state index is 0. The maximum Gasteiger partial charge on any atom is 0.191 e. The maximum absolute atomic E-state index is 5.68. The van der Waals surface area contributed by atoms with Gasteiger partial charge >= 0.3 is 0 Å². The van der Waals surface area contributed by atoms with Gasteiger partial charge in [0.1, 0.15) is 5.76 Å². The number of likely N-dealkylation sites (tertiary alicyclic amines) is 1. The van der Waals surface area contributed by atoms with Crippen molar-refractivity contribution in [3.63, 3.8) is 0 Å².